The van der Waals surface area contributed by atoms with Crippen LogP contribution in [0.3, 0.4) is 0 Å². The first-order chi connectivity index (χ1) is 10.6. The van der Waals surface area contributed by atoms with Crippen molar-refractivity contribution >= 4 is 5.96 Å². The minimum atomic E-state index is 0.0771. The van der Waals surface area contributed by atoms with Crippen LogP contribution in [0.4, 0.5) is 0 Å². The summed E-state index contributed by atoms with van der Waals surface area (Å²) in [5, 5.41) is 3.18. The van der Waals surface area contributed by atoms with Crippen LogP contribution >= 0.6 is 0 Å². The molecule has 5 nitrogen and oxygen atoms in total. The Morgan fingerprint density at radius 1 is 1.32 bits per heavy atom. The highest BCUT2D eigenvalue weighted by Gasteiger charge is 2.27. The Bertz CT molecular complexity index is 463. The standard InChI is InChI=1S/C17H29N5/c1-17(2,22-12-6-3-7-13-22)14-21-16(18)20-11-9-15-8-4-5-10-19-15/h4-5,8,10H,3,6-7,9,11-14H2,1-2H3,(H3,18,20,21). The molecule has 0 aromatic carbocycles. The normalized spacial score (nSPS) is 17.5. The zero-order valence-electron chi connectivity index (χ0n) is 13.9. The highest BCUT2D eigenvalue weighted by molar-refractivity contribution is 5.77. The predicted octanol–water partition coefficient (Wildman–Crippen LogP) is 1.79. The van der Waals surface area contributed by atoms with Gasteiger partial charge in [-0.05, 0) is 51.9 Å². The molecule has 0 bridgehead atoms. The van der Waals surface area contributed by atoms with Crippen molar-refractivity contribution in [2.75, 3.05) is 26.2 Å². The summed E-state index contributed by atoms with van der Waals surface area (Å²) < 4.78 is 0. The van der Waals surface area contributed by atoms with Gasteiger partial charge in [0.2, 0.25) is 0 Å². The van der Waals surface area contributed by atoms with Crippen LogP contribution in [0.15, 0.2) is 29.4 Å². The van der Waals surface area contributed by atoms with Crippen LogP contribution < -0.4 is 11.1 Å². The van der Waals surface area contributed by atoms with Gasteiger partial charge in [0.1, 0.15) is 0 Å². The van der Waals surface area contributed by atoms with Crippen molar-refractivity contribution in [3.05, 3.63) is 30.1 Å². The molecule has 3 N–H and O–H groups in total. The average Bonchev–Trinajstić information content (AvgIpc) is 2.55. The number of pyridine rings is 1. The Morgan fingerprint density at radius 2 is 2.09 bits per heavy atom. The number of nitrogens with two attached hydrogens (primary N) is 1. The van der Waals surface area contributed by atoms with Crippen molar-refractivity contribution in [1.82, 2.24) is 15.2 Å². The fraction of sp³-hybridized carbons (Fsp3) is 0.647. The first kappa shape index (κ1) is 16.7. The smallest absolute Gasteiger partial charge is 0.188 e. The fourth-order valence-electron chi connectivity index (χ4n) is 2.80. The van der Waals surface area contributed by atoms with Crippen LogP contribution in [-0.2, 0) is 6.42 Å². The molecule has 0 amide bonds. The van der Waals surface area contributed by atoms with Gasteiger partial charge in [0, 0.05) is 30.4 Å². The summed E-state index contributed by atoms with van der Waals surface area (Å²) in [5.41, 5.74) is 7.12. The van der Waals surface area contributed by atoms with E-state index in [9.17, 15) is 0 Å². The van der Waals surface area contributed by atoms with Gasteiger partial charge >= 0.3 is 0 Å². The van der Waals surface area contributed by atoms with E-state index in [-0.39, 0.29) is 5.54 Å². The predicted molar refractivity (Wildman–Crippen MR) is 91.9 cm³/mol. The number of hydrogen-bond donors (Lipinski definition) is 2. The summed E-state index contributed by atoms with van der Waals surface area (Å²) >= 11 is 0. The highest BCUT2D eigenvalue weighted by atomic mass is 15.2. The minimum absolute atomic E-state index is 0.0771. The monoisotopic (exact) mass is 303 g/mol. The summed E-state index contributed by atoms with van der Waals surface area (Å²) in [4.78, 5) is 11.3. The molecule has 0 radical (unpaired) electrons. The van der Waals surface area contributed by atoms with E-state index in [1.807, 2.05) is 24.4 Å². The second-order valence-corrected chi connectivity index (χ2v) is 6.56. The maximum atomic E-state index is 5.97. The van der Waals surface area contributed by atoms with E-state index in [2.05, 4.69) is 34.0 Å². The molecule has 0 aliphatic carbocycles. The molecule has 0 saturated carbocycles. The van der Waals surface area contributed by atoms with Gasteiger partial charge in [-0.2, -0.15) is 0 Å². The maximum Gasteiger partial charge on any atom is 0.188 e. The quantitative estimate of drug-likeness (QED) is 0.621. The topological polar surface area (TPSA) is 66.5 Å². The molecule has 5 heteroatoms. The van der Waals surface area contributed by atoms with Crippen LogP contribution in [0.2, 0.25) is 0 Å². The molecule has 1 saturated heterocycles. The number of hydrogen-bond acceptors (Lipinski definition) is 3. The lowest BCUT2D eigenvalue weighted by molar-refractivity contribution is 0.102. The van der Waals surface area contributed by atoms with Crippen LogP contribution in [0.1, 0.15) is 38.8 Å². The van der Waals surface area contributed by atoms with Gasteiger partial charge in [-0.1, -0.05) is 12.5 Å². The lowest BCUT2D eigenvalue weighted by atomic mass is 9.99. The van der Waals surface area contributed by atoms with Gasteiger partial charge in [-0.25, -0.2) is 0 Å². The van der Waals surface area contributed by atoms with E-state index < -0.39 is 0 Å². The van der Waals surface area contributed by atoms with Crippen molar-refractivity contribution in [2.45, 2.75) is 45.1 Å². The van der Waals surface area contributed by atoms with E-state index >= 15 is 0 Å². The number of likely N-dealkylation sites (tertiary alicyclic amines) is 1. The van der Waals surface area contributed by atoms with Gasteiger partial charge in [0.25, 0.3) is 0 Å². The Labute approximate surface area is 134 Å². The van der Waals surface area contributed by atoms with Crippen LogP contribution in [0, 0.1) is 0 Å². The summed E-state index contributed by atoms with van der Waals surface area (Å²) in [5.74, 6) is 0.529. The molecule has 0 atom stereocenters. The molecule has 0 spiro atoms. The van der Waals surface area contributed by atoms with Crippen LogP contribution in [0.25, 0.3) is 0 Å². The van der Waals surface area contributed by atoms with Gasteiger partial charge in [-0.3, -0.25) is 14.9 Å². The van der Waals surface area contributed by atoms with Crippen LogP contribution in [-0.4, -0.2) is 47.6 Å². The first-order valence-electron chi connectivity index (χ1n) is 8.27. The molecular weight excluding hydrogens is 274 g/mol. The Morgan fingerprint density at radius 3 is 2.77 bits per heavy atom. The molecule has 1 aliphatic heterocycles. The number of guanidine groups is 1. The molecule has 2 heterocycles. The van der Waals surface area contributed by atoms with E-state index in [0.29, 0.717) is 5.96 Å². The average molecular weight is 303 g/mol. The zero-order valence-corrected chi connectivity index (χ0v) is 13.9. The third-order valence-electron chi connectivity index (χ3n) is 4.26. The van der Waals surface area contributed by atoms with Crippen molar-refractivity contribution in [2.24, 2.45) is 10.7 Å². The number of nitrogens with zero attached hydrogens (tertiary/aromatic N) is 3. The molecule has 1 fully saturated rings. The van der Waals surface area contributed by atoms with E-state index in [1.54, 1.807) is 0 Å². The van der Waals surface area contributed by atoms with Crippen molar-refractivity contribution in [1.29, 1.82) is 0 Å². The lowest BCUT2D eigenvalue weighted by Gasteiger charge is -2.40. The summed E-state index contributed by atoms with van der Waals surface area (Å²) in [7, 11) is 0. The number of aromatic nitrogens is 1. The third-order valence-corrected chi connectivity index (χ3v) is 4.26. The Balaban J connectivity index is 1.74. The molecule has 1 aromatic rings. The molecule has 1 aliphatic rings. The van der Waals surface area contributed by atoms with Crippen LogP contribution in [0.5, 0.6) is 0 Å². The molecule has 122 valence electrons. The van der Waals surface area contributed by atoms with Crippen molar-refractivity contribution in [3.63, 3.8) is 0 Å². The second kappa shape index (κ2) is 8.13. The zero-order chi connectivity index (χ0) is 15.8. The Kier molecular flexibility index (Phi) is 6.19. The molecule has 22 heavy (non-hydrogen) atoms. The van der Waals surface area contributed by atoms with E-state index in [0.717, 1.165) is 25.2 Å². The number of rotatable bonds is 6. The van der Waals surface area contributed by atoms with E-state index in [4.69, 9.17) is 5.73 Å². The van der Waals surface area contributed by atoms with Gasteiger partial charge < -0.3 is 11.1 Å². The largest absolute Gasteiger partial charge is 0.370 e. The first-order valence-corrected chi connectivity index (χ1v) is 8.27. The fourth-order valence-corrected chi connectivity index (χ4v) is 2.80. The molecule has 0 unspecified atom stereocenters. The molecule has 2 rings (SSSR count). The van der Waals surface area contributed by atoms with Gasteiger partial charge in [0.05, 0.1) is 6.54 Å². The van der Waals surface area contributed by atoms with Crippen molar-refractivity contribution < 1.29 is 0 Å². The molecule has 1 aromatic heterocycles. The summed E-state index contributed by atoms with van der Waals surface area (Å²) in [6, 6.07) is 5.95. The SMILES string of the molecule is CC(C)(CN=C(N)NCCc1ccccn1)N1CCCCC1. The second-order valence-electron chi connectivity index (χ2n) is 6.56. The van der Waals surface area contributed by atoms with Gasteiger partial charge in [-0.15, -0.1) is 0 Å². The number of piperidine rings is 1. The minimum Gasteiger partial charge on any atom is -0.370 e. The van der Waals surface area contributed by atoms with E-state index in [1.165, 1.54) is 32.4 Å². The highest BCUT2D eigenvalue weighted by Crippen LogP contribution is 2.20. The molecular formula is C17H29N5. The Hall–Kier alpha value is -1.62. The summed E-state index contributed by atoms with van der Waals surface area (Å²) in [6.45, 7) is 8.35. The maximum absolute atomic E-state index is 5.97. The third kappa shape index (κ3) is 5.30. The van der Waals surface area contributed by atoms with Gasteiger partial charge in [0.15, 0.2) is 5.96 Å². The lowest BCUT2D eigenvalue weighted by Crippen LogP contribution is -2.49. The number of nitrogens with one attached hydrogen (secondary N) is 1. The summed E-state index contributed by atoms with van der Waals surface area (Å²) in [6.07, 6.45) is 6.61. The van der Waals surface area contributed by atoms with Crippen molar-refractivity contribution in [3.8, 4) is 0 Å². The number of aliphatic imine (C=N–C) groups is 1.